The highest BCUT2D eigenvalue weighted by Gasteiger charge is 2.20. The third-order valence-corrected chi connectivity index (χ3v) is 5.53. The highest BCUT2D eigenvalue weighted by molar-refractivity contribution is 9.10. The summed E-state index contributed by atoms with van der Waals surface area (Å²) < 4.78 is 17.7. The van der Waals surface area contributed by atoms with E-state index in [1.54, 1.807) is 31.2 Å². The lowest BCUT2D eigenvalue weighted by Crippen LogP contribution is -2.25. The first-order valence-electron chi connectivity index (χ1n) is 10.0. The monoisotopic (exact) mass is 535 g/mol. The van der Waals surface area contributed by atoms with E-state index in [0.717, 1.165) is 4.47 Å². The largest absolute Gasteiger partial charge is 0.493 e. The van der Waals surface area contributed by atoms with E-state index < -0.39 is 12.1 Å². The molecule has 3 aromatic rings. The molecular formula is C23H23BrClN3O5. The Morgan fingerprint density at radius 1 is 1.21 bits per heavy atom. The van der Waals surface area contributed by atoms with Crippen LogP contribution in [0.4, 0.5) is 0 Å². The molecule has 0 aliphatic heterocycles. The summed E-state index contributed by atoms with van der Waals surface area (Å²) in [5, 5.41) is 5.06. The van der Waals surface area contributed by atoms with Gasteiger partial charge in [-0.15, -0.1) is 0 Å². The summed E-state index contributed by atoms with van der Waals surface area (Å²) >= 11 is 9.78. The van der Waals surface area contributed by atoms with Gasteiger partial charge in [-0.1, -0.05) is 41.4 Å². The number of ether oxygens (including phenoxy) is 3. The topological polar surface area (TPSA) is 92.0 Å². The second kappa shape index (κ2) is 10.4. The van der Waals surface area contributed by atoms with Gasteiger partial charge < -0.3 is 14.2 Å². The Morgan fingerprint density at radius 3 is 2.58 bits per heavy atom. The number of hydrogen-bond donors (Lipinski definition) is 0. The van der Waals surface area contributed by atoms with Gasteiger partial charge in [-0.25, -0.2) is 9.78 Å². The number of benzene rings is 2. The molecule has 8 nitrogen and oxygen atoms in total. The van der Waals surface area contributed by atoms with Crippen LogP contribution in [-0.4, -0.2) is 42.2 Å². The van der Waals surface area contributed by atoms with Crippen molar-refractivity contribution >= 4 is 50.6 Å². The Labute approximate surface area is 204 Å². The van der Waals surface area contributed by atoms with Crippen molar-refractivity contribution in [1.82, 2.24) is 9.66 Å². The number of fused-ring (bicyclic) bond motifs is 1. The lowest BCUT2D eigenvalue weighted by Gasteiger charge is -2.17. The van der Waals surface area contributed by atoms with E-state index in [0.29, 0.717) is 28.0 Å². The number of methoxy groups -OCH3 is 2. The first-order chi connectivity index (χ1) is 15.7. The average Bonchev–Trinajstić information content (AvgIpc) is 2.79. The molecule has 2 aromatic carbocycles. The molecule has 0 fully saturated rings. The third-order valence-electron chi connectivity index (χ3n) is 4.75. The first-order valence-corrected chi connectivity index (χ1v) is 11.2. The van der Waals surface area contributed by atoms with Gasteiger partial charge >= 0.3 is 5.97 Å². The van der Waals surface area contributed by atoms with Crippen molar-refractivity contribution in [2.45, 2.75) is 32.8 Å². The van der Waals surface area contributed by atoms with E-state index in [1.165, 1.54) is 25.1 Å². The van der Waals surface area contributed by atoms with Crippen LogP contribution in [0.1, 0.15) is 38.1 Å². The lowest BCUT2D eigenvalue weighted by atomic mass is 10.2. The predicted molar refractivity (Wildman–Crippen MR) is 131 cm³/mol. The van der Waals surface area contributed by atoms with Crippen LogP contribution in [0.3, 0.4) is 0 Å². The summed E-state index contributed by atoms with van der Waals surface area (Å²) in [6, 6.07) is 8.58. The molecule has 0 aliphatic carbocycles. The number of nitrogens with zero attached hydrogens (tertiary/aromatic N) is 3. The van der Waals surface area contributed by atoms with E-state index in [4.69, 9.17) is 21.1 Å². The second-order valence-electron chi connectivity index (χ2n) is 7.47. The fourth-order valence-electron chi connectivity index (χ4n) is 3.10. The summed E-state index contributed by atoms with van der Waals surface area (Å²) in [6.45, 7) is 5.42. The van der Waals surface area contributed by atoms with Gasteiger partial charge in [-0.3, -0.25) is 4.79 Å². The van der Waals surface area contributed by atoms with E-state index in [1.807, 2.05) is 19.9 Å². The van der Waals surface area contributed by atoms with Crippen LogP contribution in [0.15, 0.2) is 44.7 Å². The van der Waals surface area contributed by atoms with E-state index in [2.05, 4.69) is 30.8 Å². The van der Waals surface area contributed by atoms with Gasteiger partial charge in [0.25, 0.3) is 5.56 Å². The van der Waals surface area contributed by atoms with Crippen molar-refractivity contribution in [2.75, 3.05) is 14.2 Å². The normalized spacial score (nSPS) is 12.4. The first kappa shape index (κ1) is 24.7. The van der Waals surface area contributed by atoms with Crippen molar-refractivity contribution in [1.29, 1.82) is 0 Å². The Bertz CT molecular complexity index is 1290. The van der Waals surface area contributed by atoms with Crippen LogP contribution in [0, 0.1) is 0 Å². The van der Waals surface area contributed by atoms with Crippen LogP contribution in [0.25, 0.3) is 10.9 Å². The Kier molecular flexibility index (Phi) is 7.76. The minimum Gasteiger partial charge on any atom is -0.493 e. The van der Waals surface area contributed by atoms with E-state index >= 15 is 0 Å². The summed E-state index contributed by atoms with van der Waals surface area (Å²) in [7, 11) is 2.73. The number of hydrogen-bond acceptors (Lipinski definition) is 7. The van der Waals surface area contributed by atoms with Crippen LogP contribution < -0.4 is 15.0 Å². The summed E-state index contributed by atoms with van der Waals surface area (Å²) in [5.74, 6) is 0.436. The molecular weight excluding hydrogens is 514 g/mol. The maximum absolute atomic E-state index is 13.2. The number of halogens is 2. The standard InChI is InChI=1S/C23H23BrClN3O5/c1-12(2)21-27-18-7-6-15(24)10-16(18)22(29)28(21)26-11-14-8-17(25)20(19(9-14)31-4)33-13(3)23(30)32-5/h6-13H,1-5H3/t13-/m0/s1. The molecule has 0 unspecified atom stereocenters. The minimum absolute atomic E-state index is 0.0448. The van der Waals surface area contributed by atoms with E-state index in [9.17, 15) is 9.59 Å². The molecule has 0 saturated heterocycles. The SMILES string of the molecule is COC(=O)[C@H](C)Oc1c(Cl)cc(C=Nn2c(C(C)C)nc3ccc(Br)cc3c2=O)cc1OC. The summed E-state index contributed by atoms with van der Waals surface area (Å²) in [6.07, 6.45) is 0.608. The number of carbonyl (C=O) groups is 1. The van der Waals surface area contributed by atoms with Gasteiger partial charge in [0, 0.05) is 10.4 Å². The summed E-state index contributed by atoms with van der Waals surface area (Å²) in [4.78, 5) is 29.5. The van der Waals surface area contributed by atoms with E-state index in [-0.39, 0.29) is 22.2 Å². The zero-order chi connectivity index (χ0) is 24.3. The fourth-order valence-corrected chi connectivity index (χ4v) is 3.72. The Morgan fingerprint density at radius 2 is 1.94 bits per heavy atom. The van der Waals surface area contributed by atoms with Crippen LogP contribution in [0.5, 0.6) is 11.5 Å². The molecule has 1 atom stereocenters. The van der Waals surface area contributed by atoms with Crippen LogP contribution >= 0.6 is 27.5 Å². The molecule has 0 bridgehead atoms. The lowest BCUT2D eigenvalue weighted by molar-refractivity contribution is -0.147. The molecule has 0 N–H and O–H groups in total. The molecule has 0 saturated carbocycles. The van der Waals surface area contributed by atoms with Gasteiger partial charge in [0.15, 0.2) is 17.6 Å². The zero-order valence-electron chi connectivity index (χ0n) is 18.8. The second-order valence-corrected chi connectivity index (χ2v) is 8.79. The molecule has 0 spiro atoms. The summed E-state index contributed by atoms with van der Waals surface area (Å²) in [5.41, 5.74) is 0.876. The van der Waals surface area contributed by atoms with Gasteiger partial charge in [-0.05, 0) is 42.8 Å². The minimum atomic E-state index is -0.879. The van der Waals surface area contributed by atoms with Crippen molar-refractivity contribution in [3.05, 3.63) is 61.6 Å². The number of esters is 1. The van der Waals surface area contributed by atoms with Crippen molar-refractivity contribution in [3.8, 4) is 11.5 Å². The van der Waals surface area contributed by atoms with Gasteiger partial charge in [-0.2, -0.15) is 9.78 Å². The number of carbonyl (C=O) groups excluding carboxylic acids is 1. The Hall–Kier alpha value is -2.91. The molecule has 33 heavy (non-hydrogen) atoms. The third kappa shape index (κ3) is 5.36. The van der Waals surface area contributed by atoms with Gasteiger partial charge in [0.05, 0.1) is 36.4 Å². The van der Waals surface area contributed by atoms with Crippen molar-refractivity contribution < 1.29 is 19.0 Å². The number of rotatable bonds is 7. The predicted octanol–water partition coefficient (Wildman–Crippen LogP) is 4.77. The highest BCUT2D eigenvalue weighted by atomic mass is 79.9. The number of aromatic nitrogens is 2. The molecule has 0 amide bonds. The highest BCUT2D eigenvalue weighted by Crippen LogP contribution is 2.37. The fraction of sp³-hybridized carbons (Fsp3) is 0.304. The zero-order valence-corrected chi connectivity index (χ0v) is 21.1. The molecule has 10 heteroatoms. The average molecular weight is 537 g/mol. The van der Waals surface area contributed by atoms with Crippen LogP contribution in [0.2, 0.25) is 5.02 Å². The van der Waals surface area contributed by atoms with Crippen molar-refractivity contribution in [2.24, 2.45) is 5.10 Å². The van der Waals surface area contributed by atoms with Crippen LogP contribution in [-0.2, 0) is 9.53 Å². The maximum Gasteiger partial charge on any atom is 0.346 e. The molecule has 0 radical (unpaired) electrons. The van der Waals surface area contributed by atoms with Gasteiger partial charge in [0.2, 0.25) is 0 Å². The molecule has 0 aliphatic rings. The smallest absolute Gasteiger partial charge is 0.346 e. The van der Waals surface area contributed by atoms with Gasteiger partial charge in [0.1, 0.15) is 5.82 Å². The van der Waals surface area contributed by atoms with Crippen molar-refractivity contribution in [3.63, 3.8) is 0 Å². The molecule has 1 heterocycles. The Balaban J connectivity index is 2.05. The molecule has 1 aromatic heterocycles. The quantitative estimate of drug-likeness (QED) is 0.319. The maximum atomic E-state index is 13.2. The molecule has 3 rings (SSSR count). The molecule has 174 valence electrons.